The van der Waals surface area contributed by atoms with Crippen LogP contribution >= 0.6 is 0 Å². The van der Waals surface area contributed by atoms with E-state index in [9.17, 15) is 0 Å². The van der Waals surface area contributed by atoms with Gasteiger partial charge in [-0.2, -0.15) is 0 Å². The van der Waals surface area contributed by atoms with Gasteiger partial charge in [0.2, 0.25) is 0 Å². The second-order valence-electron chi connectivity index (χ2n) is 9.67. The SMILES string of the molecule is c1ccc2c(c1)Cc1ccc3c(c1-2)-c1ccc2nc4c5cnccc5c5cccnc5n4c2c1C3. The first-order chi connectivity index (χ1) is 17.4. The van der Waals surface area contributed by atoms with Crippen molar-refractivity contribution in [1.82, 2.24) is 19.4 Å². The molecule has 162 valence electrons. The summed E-state index contributed by atoms with van der Waals surface area (Å²) in [6.07, 6.45) is 7.58. The van der Waals surface area contributed by atoms with E-state index in [1.807, 2.05) is 24.7 Å². The van der Waals surface area contributed by atoms with Gasteiger partial charge in [-0.25, -0.2) is 9.97 Å². The molecule has 0 atom stereocenters. The molecule has 0 bridgehead atoms. The van der Waals surface area contributed by atoms with Crippen molar-refractivity contribution in [3.05, 3.63) is 108 Å². The molecule has 0 unspecified atom stereocenters. The molecule has 0 saturated heterocycles. The number of benzene rings is 3. The lowest BCUT2D eigenvalue weighted by Crippen LogP contribution is -1.96. The number of aromatic nitrogens is 4. The number of nitrogens with zero attached hydrogens (tertiary/aromatic N) is 4. The van der Waals surface area contributed by atoms with Gasteiger partial charge in [0, 0.05) is 35.8 Å². The van der Waals surface area contributed by atoms with E-state index in [4.69, 9.17) is 9.97 Å². The number of imidazole rings is 1. The van der Waals surface area contributed by atoms with Crippen molar-refractivity contribution in [2.45, 2.75) is 12.8 Å². The second kappa shape index (κ2) is 6.10. The molecule has 3 aromatic carbocycles. The summed E-state index contributed by atoms with van der Waals surface area (Å²) < 4.78 is 2.27. The van der Waals surface area contributed by atoms with Gasteiger partial charge < -0.3 is 0 Å². The Morgan fingerprint density at radius 3 is 2.49 bits per heavy atom. The van der Waals surface area contributed by atoms with E-state index in [2.05, 4.69) is 70.0 Å². The predicted octanol–water partition coefficient (Wildman–Crippen LogP) is 6.73. The summed E-state index contributed by atoms with van der Waals surface area (Å²) in [6.45, 7) is 0. The Kier molecular flexibility index (Phi) is 3.11. The molecule has 4 aromatic heterocycles. The summed E-state index contributed by atoms with van der Waals surface area (Å²) >= 11 is 0. The summed E-state index contributed by atoms with van der Waals surface area (Å²) in [7, 11) is 0. The first-order valence-corrected chi connectivity index (χ1v) is 12.0. The molecular formula is C31H18N4. The molecule has 0 spiro atoms. The number of fused-ring (bicyclic) bond motifs is 16. The molecule has 2 aliphatic rings. The standard InChI is InChI=1S/C31H18N4/c1-2-5-20-17(4-1)14-18-7-8-19-15-24-22(28(19)27(18)20)9-10-26-29(24)35-30-23(6-3-12-33-30)21-11-13-32-16-25(21)31(35)34-26/h1-13,16H,14-15H2. The zero-order chi connectivity index (χ0) is 22.7. The van der Waals surface area contributed by atoms with E-state index in [-0.39, 0.29) is 0 Å². The van der Waals surface area contributed by atoms with Crippen LogP contribution in [-0.2, 0) is 12.8 Å². The molecular weight excluding hydrogens is 428 g/mol. The smallest absolute Gasteiger partial charge is 0.149 e. The van der Waals surface area contributed by atoms with Crippen LogP contribution in [0.4, 0.5) is 0 Å². The highest BCUT2D eigenvalue weighted by molar-refractivity contribution is 6.13. The van der Waals surface area contributed by atoms with E-state index in [0.717, 1.165) is 45.8 Å². The Morgan fingerprint density at radius 2 is 1.51 bits per heavy atom. The largest absolute Gasteiger partial charge is 0.275 e. The van der Waals surface area contributed by atoms with Gasteiger partial charge in [-0.1, -0.05) is 42.5 Å². The zero-order valence-corrected chi connectivity index (χ0v) is 18.8. The Hall–Kier alpha value is -4.57. The van der Waals surface area contributed by atoms with Crippen LogP contribution < -0.4 is 0 Å². The molecule has 0 aliphatic heterocycles. The van der Waals surface area contributed by atoms with Crippen LogP contribution in [0.15, 0.2) is 85.3 Å². The quantitative estimate of drug-likeness (QED) is 0.243. The van der Waals surface area contributed by atoms with Crippen molar-refractivity contribution >= 4 is 38.5 Å². The van der Waals surface area contributed by atoms with Crippen molar-refractivity contribution in [2.24, 2.45) is 0 Å². The molecule has 7 aromatic rings. The molecule has 0 saturated carbocycles. The monoisotopic (exact) mass is 446 g/mol. The fraction of sp³-hybridized carbons (Fsp3) is 0.0645. The van der Waals surface area contributed by atoms with E-state index >= 15 is 0 Å². The van der Waals surface area contributed by atoms with Crippen LogP contribution in [-0.4, -0.2) is 19.4 Å². The molecule has 2 aliphatic carbocycles. The topological polar surface area (TPSA) is 43.1 Å². The molecule has 0 amide bonds. The van der Waals surface area contributed by atoms with Gasteiger partial charge in [0.25, 0.3) is 0 Å². The van der Waals surface area contributed by atoms with Crippen LogP contribution in [0.25, 0.3) is 60.7 Å². The molecule has 9 rings (SSSR count). The van der Waals surface area contributed by atoms with Gasteiger partial charge in [-0.3, -0.25) is 9.38 Å². The lowest BCUT2D eigenvalue weighted by Gasteiger charge is -2.11. The lowest BCUT2D eigenvalue weighted by molar-refractivity contribution is 1.20. The van der Waals surface area contributed by atoms with Crippen molar-refractivity contribution in [2.75, 3.05) is 0 Å². The normalized spacial score (nSPS) is 13.5. The van der Waals surface area contributed by atoms with E-state index in [0.29, 0.717) is 0 Å². The highest BCUT2D eigenvalue weighted by atomic mass is 15.1. The predicted molar refractivity (Wildman–Crippen MR) is 140 cm³/mol. The average molecular weight is 447 g/mol. The highest BCUT2D eigenvalue weighted by Gasteiger charge is 2.31. The van der Waals surface area contributed by atoms with Crippen molar-refractivity contribution in [3.63, 3.8) is 0 Å². The summed E-state index contributed by atoms with van der Waals surface area (Å²) in [6, 6.07) is 24.2. The van der Waals surface area contributed by atoms with Gasteiger partial charge in [0.15, 0.2) is 0 Å². The minimum atomic E-state index is 0.907. The maximum Gasteiger partial charge on any atom is 0.149 e. The van der Waals surface area contributed by atoms with Gasteiger partial charge in [-0.15, -0.1) is 0 Å². The molecule has 0 radical (unpaired) electrons. The fourth-order valence-electron chi connectivity index (χ4n) is 6.54. The van der Waals surface area contributed by atoms with E-state index in [1.165, 1.54) is 50.0 Å². The van der Waals surface area contributed by atoms with Crippen LogP contribution in [0.3, 0.4) is 0 Å². The van der Waals surface area contributed by atoms with Crippen LogP contribution in [0.5, 0.6) is 0 Å². The third-order valence-electron chi connectivity index (χ3n) is 7.96. The Balaban J connectivity index is 1.45. The summed E-state index contributed by atoms with van der Waals surface area (Å²) in [5.74, 6) is 0. The summed E-state index contributed by atoms with van der Waals surface area (Å²) in [5.41, 5.74) is 15.2. The highest BCUT2D eigenvalue weighted by Crippen LogP contribution is 2.50. The number of hydrogen-bond acceptors (Lipinski definition) is 3. The van der Waals surface area contributed by atoms with Crippen molar-refractivity contribution in [3.8, 4) is 22.3 Å². The molecule has 4 heteroatoms. The number of rotatable bonds is 0. The first kappa shape index (κ1) is 17.8. The molecule has 0 N–H and O–H groups in total. The minimum absolute atomic E-state index is 0.907. The third kappa shape index (κ3) is 2.11. The lowest BCUT2D eigenvalue weighted by atomic mass is 9.94. The Labute approximate surface area is 200 Å². The molecule has 0 fully saturated rings. The van der Waals surface area contributed by atoms with Crippen LogP contribution in [0.1, 0.15) is 22.3 Å². The van der Waals surface area contributed by atoms with Gasteiger partial charge in [0.1, 0.15) is 11.3 Å². The van der Waals surface area contributed by atoms with Gasteiger partial charge in [0.05, 0.1) is 11.0 Å². The number of hydrogen-bond donors (Lipinski definition) is 0. The third-order valence-corrected chi connectivity index (χ3v) is 7.96. The Morgan fingerprint density at radius 1 is 0.629 bits per heavy atom. The second-order valence-corrected chi connectivity index (χ2v) is 9.67. The maximum atomic E-state index is 5.13. The minimum Gasteiger partial charge on any atom is -0.275 e. The zero-order valence-electron chi connectivity index (χ0n) is 18.8. The van der Waals surface area contributed by atoms with E-state index < -0.39 is 0 Å². The van der Waals surface area contributed by atoms with Crippen molar-refractivity contribution < 1.29 is 0 Å². The fourth-order valence-corrected chi connectivity index (χ4v) is 6.54. The molecule has 4 heterocycles. The van der Waals surface area contributed by atoms with Gasteiger partial charge in [-0.05, 0) is 80.6 Å². The maximum absolute atomic E-state index is 5.13. The van der Waals surface area contributed by atoms with Crippen LogP contribution in [0, 0.1) is 0 Å². The Bertz CT molecular complexity index is 2070. The first-order valence-electron chi connectivity index (χ1n) is 12.0. The van der Waals surface area contributed by atoms with Gasteiger partial charge >= 0.3 is 0 Å². The number of pyridine rings is 3. The van der Waals surface area contributed by atoms with Crippen LogP contribution in [0.2, 0.25) is 0 Å². The molecule has 4 nitrogen and oxygen atoms in total. The van der Waals surface area contributed by atoms with Crippen molar-refractivity contribution in [1.29, 1.82) is 0 Å². The average Bonchev–Trinajstić information content (AvgIpc) is 3.59. The summed E-state index contributed by atoms with van der Waals surface area (Å²) in [5, 5.41) is 3.32. The van der Waals surface area contributed by atoms with E-state index in [1.54, 1.807) is 0 Å². The summed E-state index contributed by atoms with van der Waals surface area (Å²) in [4.78, 5) is 14.4. The molecule has 35 heavy (non-hydrogen) atoms.